The van der Waals surface area contributed by atoms with Gasteiger partial charge in [0, 0.05) is 18.2 Å². The van der Waals surface area contributed by atoms with Crippen LogP contribution in [0.4, 0.5) is 0 Å². The van der Waals surface area contributed by atoms with Gasteiger partial charge in [0.2, 0.25) is 11.6 Å². The van der Waals surface area contributed by atoms with Crippen molar-refractivity contribution in [1.29, 1.82) is 0 Å². The summed E-state index contributed by atoms with van der Waals surface area (Å²) < 4.78 is 30.8. The highest BCUT2D eigenvalue weighted by Gasteiger charge is 2.51. The molecule has 1 fully saturated rings. The topological polar surface area (TPSA) is 121 Å². The summed E-state index contributed by atoms with van der Waals surface area (Å²) in [6.07, 6.45) is 7.58. The number of carbonyl (C=O) groups is 2. The standard InChI is InChI=1S/C23H33NO6S/c1-14-11-22(3,13-23(4)15(2)6-5-7-17(14)23)12-16-20(26)18(10-19(25)21(16)27)24-8-9-31(28,29)30/h6,10,14,17,24,26H,5,7-9,11-13H2,1-4H3,(H,28,29,30)/t14-,17-,22-,23+/m0/s1. The molecule has 172 valence electrons. The minimum absolute atomic E-state index is 0.0218. The molecule has 8 heteroatoms. The van der Waals surface area contributed by atoms with Crippen LogP contribution in [-0.4, -0.2) is 41.9 Å². The van der Waals surface area contributed by atoms with Gasteiger partial charge in [-0.1, -0.05) is 32.4 Å². The Bertz CT molecular complexity index is 992. The van der Waals surface area contributed by atoms with E-state index in [0.29, 0.717) is 11.8 Å². The van der Waals surface area contributed by atoms with Crippen molar-refractivity contribution in [3.63, 3.8) is 0 Å². The molecular formula is C23H33NO6S. The quantitative estimate of drug-likeness (QED) is 0.245. The largest absolute Gasteiger partial charge is 0.505 e. The zero-order chi connectivity index (χ0) is 23.2. The molecule has 3 aliphatic rings. The number of hydrogen-bond donors (Lipinski definition) is 3. The maximum Gasteiger partial charge on any atom is 0.266 e. The van der Waals surface area contributed by atoms with E-state index in [2.05, 4.69) is 39.1 Å². The van der Waals surface area contributed by atoms with Crippen LogP contribution in [0, 0.1) is 22.7 Å². The minimum Gasteiger partial charge on any atom is -0.505 e. The Balaban J connectivity index is 1.86. The summed E-state index contributed by atoms with van der Waals surface area (Å²) in [6, 6.07) is 0. The van der Waals surface area contributed by atoms with Gasteiger partial charge >= 0.3 is 0 Å². The number of aliphatic hydroxyl groups excluding tert-OH is 1. The lowest BCUT2D eigenvalue weighted by atomic mass is 9.49. The molecule has 3 rings (SSSR count). The maximum atomic E-state index is 12.7. The van der Waals surface area contributed by atoms with E-state index in [1.165, 1.54) is 5.57 Å². The summed E-state index contributed by atoms with van der Waals surface area (Å²) in [5.74, 6) is -1.31. The first-order chi connectivity index (χ1) is 14.3. The Morgan fingerprint density at radius 1 is 1.26 bits per heavy atom. The number of hydrogen-bond acceptors (Lipinski definition) is 6. The molecule has 0 aliphatic heterocycles. The van der Waals surface area contributed by atoms with Crippen molar-refractivity contribution < 1.29 is 27.7 Å². The van der Waals surface area contributed by atoms with E-state index >= 15 is 0 Å². The summed E-state index contributed by atoms with van der Waals surface area (Å²) in [5, 5.41) is 13.4. The second-order valence-corrected chi connectivity index (χ2v) is 11.7. The lowest BCUT2D eigenvalue weighted by molar-refractivity contribution is -0.132. The van der Waals surface area contributed by atoms with Gasteiger partial charge in [0.15, 0.2) is 0 Å². The fourth-order valence-electron chi connectivity index (χ4n) is 6.24. The molecule has 0 spiro atoms. The van der Waals surface area contributed by atoms with Crippen LogP contribution in [-0.2, 0) is 19.7 Å². The fraction of sp³-hybridized carbons (Fsp3) is 0.652. The molecule has 0 aromatic rings. The van der Waals surface area contributed by atoms with Gasteiger partial charge in [-0.3, -0.25) is 14.1 Å². The Morgan fingerprint density at radius 3 is 2.58 bits per heavy atom. The van der Waals surface area contributed by atoms with Gasteiger partial charge in [-0.25, -0.2) is 0 Å². The minimum atomic E-state index is -4.19. The second-order valence-electron chi connectivity index (χ2n) is 10.1. The average Bonchev–Trinajstić information content (AvgIpc) is 2.63. The molecular weight excluding hydrogens is 418 g/mol. The van der Waals surface area contributed by atoms with Gasteiger partial charge in [-0.05, 0) is 61.7 Å². The average molecular weight is 452 g/mol. The highest BCUT2D eigenvalue weighted by atomic mass is 32.2. The number of fused-ring (bicyclic) bond motifs is 1. The van der Waals surface area contributed by atoms with E-state index in [1.54, 1.807) is 0 Å². The van der Waals surface area contributed by atoms with E-state index in [4.69, 9.17) is 4.55 Å². The molecule has 31 heavy (non-hydrogen) atoms. The molecule has 3 N–H and O–H groups in total. The highest BCUT2D eigenvalue weighted by Crippen LogP contribution is 2.60. The van der Waals surface area contributed by atoms with E-state index in [9.17, 15) is 23.1 Å². The SMILES string of the molecule is CC1=CCC[C@H]2[C@@H](C)C[C@@](C)(CC3=C(O)C(NCCS(=O)(=O)O)=CC(=O)C3=O)C[C@]12C. The summed E-state index contributed by atoms with van der Waals surface area (Å²) in [4.78, 5) is 24.9. The fourth-order valence-corrected chi connectivity index (χ4v) is 6.60. The number of Topliss-reactive ketones (excluding diaryl/α,β-unsaturated/α-hetero) is 1. The predicted molar refractivity (Wildman–Crippen MR) is 118 cm³/mol. The van der Waals surface area contributed by atoms with E-state index in [0.717, 1.165) is 31.8 Å². The highest BCUT2D eigenvalue weighted by molar-refractivity contribution is 7.85. The first-order valence-corrected chi connectivity index (χ1v) is 12.5. The van der Waals surface area contributed by atoms with Crippen LogP contribution in [0.2, 0.25) is 0 Å². The second kappa shape index (κ2) is 8.20. The first-order valence-electron chi connectivity index (χ1n) is 10.8. The number of nitrogens with one attached hydrogen (secondary N) is 1. The molecule has 0 aromatic heterocycles. The van der Waals surface area contributed by atoms with Gasteiger partial charge in [0.25, 0.3) is 10.1 Å². The molecule has 0 heterocycles. The Morgan fingerprint density at radius 2 is 1.94 bits per heavy atom. The number of carbonyl (C=O) groups excluding carboxylic acids is 2. The van der Waals surface area contributed by atoms with Gasteiger partial charge in [0.1, 0.15) is 5.76 Å². The molecule has 0 saturated heterocycles. The molecule has 0 amide bonds. The summed E-state index contributed by atoms with van der Waals surface area (Å²) in [7, 11) is -4.19. The van der Waals surface area contributed by atoms with E-state index in [1.807, 2.05) is 0 Å². The Hall–Kier alpha value is -1.93. The number of rotatable bonds is 6. The van der Waals surface area contributed by atoms with Crippen molar-refractivity contribution in [3.8, 4) is 0 Å². The lowest BCUT2D eigenvalue weighted by Gasteiger charge is -2.55. The molecule has 3 aliphatic carbocycles. The summed E-state index contributed by atoms with van der Waals surface area (Å²) in [6.45, 7) is 8.65. The molecule has 0 aromatic carbocycles. The zero-order valence-electron chi connectivity index (χ0n) is 18.7. The Labute approximate surface area is 184 Å². The predicted octanol–water partition coefficient (Wildman–Crippen LogP) is 3.50. The molecule has 7 nitrogen and oxygen atoms in total. The number of aliphatic hydroxyl groups is 1. The van der Waals surface area contributed by atoms with Crippen LogP contribution in [0.3, 0.4) is 0 Å². The van der Waals surface area contributed by atoms with Gasteiger partial charge in [-0.2, -0.15) is 8.42 Å². The van der Waals surface area contributed by atoms with Crippen LogP contribution < -0.4 is 5.32 Å². The summed E-state index contributed by atoms with van der Waals surface area (Å²) in [5.41, 5.74) is 1.23. The van der Waals surface area contributed by atoms with Gasteiger partial charge < -0.3 is 10.4 Å². The summed E-state index contributed by atoms with van der Waals surface area (Å²) >= 11 is 0. The van der Waals surface area contributed by atoms with Crippen molar-refractivity contribution >= 4 is 21.7 Å². The normalized spacial score (nSPS) is 34.2. The molecule has 4 atom stereocenters. The monoisotopic (exact) mass is 451 g/mol. The van der Waals surface area contributed by atoms with Crippen molar-refractivity contribution in [2.45, 2.75) is 59.8 Å². The maximum absolute atomic E-state index is 12.7. The van der Waals surface area contributed by atoms with Crippen LogP contribution in [0.1, 0.15) is 59.8 Å². The smallest absolute Gasteiger partial charge is 0.266 e. The third-order valence-electron chi connectivity index (χ3n) is 7.54. The van der Waals surface area contributed by atoms with Crippen LogP contribution in [0.25, 0.3) is 0 Å². The van der Waals surface area contributed by atoms with Crippen LogP contribution in [0.15, 0.2) is 34.8 Å². The molecule has 0 bridgehead atoms. The lowest BCUT2D eigenvalue weighted by Crippen LogP contribution is -2.46. The van der Waals surface area contributed by atoms with E-state index in [-0.39, 0.29) is 40.8 Å². The third kappa shape index (κ3) is 4.80. The number of ketones is 2. The molecule has 0 radical (unpaired) electrons. The van der Waals surface area contributed by atoms with Crippen molar-refractivity contribution in [2.24, 2.45) is 22.7 Å². The molecule has 0 unspecified atom stereocenters. The van der Waals surface area contributed by atoms with Crippen molar-refractivity contribution in [1.82, 2.24) is 5.32 Å². The van der Waals surface area contributed by atoms with E-state index < -0.39 is 27.4 Å². The zero-order valence-corrected chi connectivity index (χ0v) is 19.5. The van der Waals surface area contributed by atoms with Crippen LogP contribution in [0.5, 0.6) is 0 Å². The van der Waals surface area contributed by atoms with Gasteiger partial charge in [-0.15, -0.1) is 0 Å². The number of allylic oxidation sites excluding steroid dienone is 4. The molecule has 1 saturated carbocycles. The Kier molecular flexibility index (Phi) is 6.28. The third-order valence-corrected chi connectivity index (χ3v) is 8.26. The first kappa shape index (κ1) is 23.7. The van der Waals surface area contributed by atoms with Crippen molar-refractivity contribution in [3.05, 3.63) is 34.8 Å². The van der Waals surface area contributed by atoms with Crippen molar-refractivity contribution in [2.75, 3.05) is 12.3 Å². The van der Waals surface area contributed by atoms with Gasteiger partial charge in [0.05, 0.1) is 11.4 Å². The van der Waals surface area contributed by atoms with Crippen LogP contribution >= 0.6 is 0 Å².